The van der Waals surface area contributed by atoms with E-state index in [-0.39, 0.29) is 5.91 Å². The van der Waals surface area contributed by atoms with Crippen LogP contribution in [-0.4, -0.2) is 55.5 Å². The number of likely N-dealkylation sites (N-methyl/N-ethyl adjacent to an activating group) is 1. The molecule has 20 heavy (non-hydrogen) atoms. The second-order valence-electron chi connectivity index (χ2n) is 5.72. The van der Waals surface area contributed by atoms with Gasteiger partial charge in [-0.3, -0.25) is 4.79 Å². The lowest BCUT2D eigenvalue weighted by molar-refractivity contribution is 0.0782. The van der Waals surface area contributed by atoms with Crippen LogP contribution in [0.5, 0.6) is 0 Å². The van der Waals surface area contributed by atoms with E-state index in [4.69, 9.17) is 0 Å². The molecule has 0 aromatic heterocycles. The van der Waals surface area contributed by atoms with Gasteiger partial charge in [0.25, 0.3) is 5.91 Å². The molecular formula is C16H25N3O. The van der Waals surface area contributed by atoms with Crippen molar-refractivity contribution >= 4 is 11.6 Å². The number of nitrogens with one attached hydrogen (secondary N) is 1. The molecule has 1 fully saturated rings. The monoisotopic (exact) mass is 275 g/mol. The Hall–Kier alpha value is -1.55. The first-order valence-electron chi connectivity index (χ1n) is 7.33. The maximum absolute atomic E-state index is 12.6. The molecule has 0 radical (unpaired) electrons. The van der Waals surface area contributed by atoms with Gasteiger partial charge in [0.2, 0.25) is 0 Å². The summed E-state index contributed by atoms with van der Waals surface area (Å²) in [4.78, 5) is 16.8. The van der Waals surface area contributed by atoms with Gasteiger partial charge in [0.15, 0.2) is 0 Å². The first kappa shape index (κ1) is 14.9. The quantitative estimate of drug-likeness (QED) is 0.915. The van der Waals surface area contributed by atoms with Crippen LogP contribution < -0.4 is 5.32 Å². The summed E-state index contributed by atoms with van der Waals surface area (Å²) in [6.07, 6.45) is 1.06. The van der Waals surface area contributed by atoms with Crippen molar-refractivity contribution in [3.8, 4) is 0 Å². The average molecular weight is 275 g/mol. The van der Waals surface area contributed by atoms with Crippen molar-refractivity contribution in [1.29, 1.82) is 0 Å². The lowest BCUT2D eigenvalue weighted by Crippen LogP contribution is -2.34. The Balaban J connectivity index is 2.10. The fourth-order valence-corrected chi connectivity index (χ4v) is 2.74. The van der Waals surface area contributed by atoms with Gasteiger partial charge in [-0.15, -0.1) is 0 Å². The summed E-state index contributed by atoms with van der Waals surface area (Å²) in [5.74, 6) is 0.162. The number of likely N-dealkylation sites (tertiary alicyclic amines) is 1. The van der Waals surface area contributed by atoms with Crippen LogP contribution >= 0.6 is 0 Å². The minimum absolute atomic E-state index is 0.162. The summed E-state index contributed by atoms with van der Waals surface area (Å²) in [6.45, 7) is 6.66. The Morgan fingerprint density at radius 1 is 1.45 bits per heavy atom. The third-order valence-corrected chi connectivity index (χ3v) is 4.02. The molecular weight excluding hydrogens is 250 g/mol. The first-order valence-corrected chi connectivity index (χ1v) is 7.33. The Kier molecular flexibility index (Phi) is 4.65. The second-order valence-corrected chi connectivity index (χ2v) is 5.72. The van der Waals surface area contributed by atoms with Crippen LogP contribution in [0.15, 0.2) is 18.2 Å². The number of carbonyl (C=O) groups excluding carboxylic acids is 1. The summed E-state index contributed by atoms with van der Waals surface area (Å²) >= 11 is 0. The van der Waals surface area contributed by atoms with Crippen LogP contribution in [-0.2, 0) is 0 Å². The zero-order valence-corrected chi connectivity index (χ0v) is 12.9. The smallest absolute Gasteiger partial charge is 0.254 e. The van der Waals surface area contributed by atoms with E-state index in [9.17, 15) is 4.79 Å². The molecule has 1 atom stereocenters. The van der Waals surface area contributed by atoms with Gasteiger partial charge in [-0.25, -0.2) is 0 Å². The number of anilines is 1. The number of nitrogens with zero attached hydrogens (tertiary/aromatic N) is 2. The van der Waals surface area contributed by atoms with Crippen molar-refractivity contribution in [3.63, 3.8) is 0 Å². The maximum Gasteiger partial charge on any atom is 0.254 e. The van der Waals surface area contributed by atoms with Crippen molar-refractivity contribution in [2.75, 3.05) is 39.0 Å². The summed E-state index contributed by atoms with van der Waals surface area (Å²) < 4.78 is 0. The predicted molar refractivity (Wildman–Crippen MR) is 83.3 cm³/mol. The van der Waals surface area contributed by atoms with Gasteiger partial charge in [0, 0.05) is 36.9 Å². The van der Waals surface area contributed by atoms with Crippen LogP contribution in [0, 0.1) is 6.92 Å². The number of aryl methyl sites for hydroxylation is 1. The Bertz CT molecular complexity index is 485. The largest absolute Gasteiger partial charge is 0.385 e. The molecule has 4 heteroatoms. The van der Waals surface area contributed by atoms with Crippen molar-refractivity contribution in [1.82, 2.24) is 9.80 Å². The Labute approximate surface area is 121 Å². The molecule has 1 aromatic rings. The molecule has 1 N–H and O–H groups in total. The molecule has 1 saturated heterocycles. The molecule has 110 valence electrons. The number of hydrogen-bond acceptors (Lipinski definition) is 3. The van der Waals surface area contributed by atoms with Gasteiger partial charge in [0.1, 0.15) is 0 Å². The summed E-state index contributed by atoms with van der Waals surface area (Å²) in [6, 6.07) is 6.47. The van der Waals surface area contributed by atoms with E-state index >= 15 is 0 Å². The van der Waals surface area contributed by atoms with Gasteiger partial charge in [-0.1, -0.05) is 0 Å². The number of amides is 1. The van der Waals surface area contributed by atoms with Crippen LogP contribution in [0.1, 0.15) is 29.3 Å². The van der Waals surface area contributed by atoms with Crippen LogP contribution in [0.2, 0.25) is 0 Å². The minimum atomic E-state index is 0.162. The molecule has 1 aliphatic rings. The predicted octanol–water partition coefficient (Wildman–Crippen LogP) is 2.20. The van der Waals surface area contributed by atoms with Gasteiger partial charge in [0.05, 0.1) is 0 Å². The zero-order chi connectivity index (χ0) is 14.7. The van der Waals surface area contributed by atoms with Gasteiger partial charge < -0.3 is 15.1 Å². The highest BCUT2D eigenvalue weighted by atomic mass is 16.2. The van der Waals surface area contributed by atoms with Crippen molar-refractivity contribution in [3.05, 3.63) is 29.3 Å². The van der Waals surface area contributed by atoms with E-state index in [2.05, 4.69) is 37.3 Å². The fraction of sp³-hybridized carbons (Fsp3) is 0.562. The normalized spacial score (nSPS) is 18.6. The zero-order valence-electron chi connectivity index (χ0n) is 12.9. The molecule has 0 aliphatic carbocycles. The Morgan fingerprint density at radius 3 is 2.75 bits per heavy atom. The molecule has 0 saturated carbocycles. The topological polar surface area (TPSA) is 35.6 Å². The molecule has 4 nitrogen and oxygen atoms in total. The van der Waals surface area contributed by atoms with Crippen LogP contribution in [0.4, 0.5) is 5.69 Å². The number of rotatable bonds is 4. The summed E-state index contributed by atoms with van der Waals surface area (Å²) in [5.41, 5.74) is 2.95. The van der Waals surface area contributed by atoms with Crippen molar-refractivity contribution in [2.24, 2.45) is 0 Å². The second kappa shape index (κ2) is 6.27. The lowest BCUT2D eigenvalue weighted by Gasteiger charge is -2.21. The molecule has 2 rings (SSSR count). The highest BCUT2D eigenvalue weighted by molar-refractivity contribution is 5.96. The van der Waals surface area contributed by atoms with E-state index in [0.29, 0.717) is 6.04 Å². The summed E-state index contributed by atoms with van der Waals surface area (Å²) in [7, 11) is 4.16. The van der Waals surface area contributed by atoms with Gasteiger partial charge in [-0.2, -0.15) is 0 Å². The third-order valence-electron chi connectivity index (χ3n) is 4.02. The maximum atomic E-state index is 12.6. The van der Waals surface area contributed by atoms with Crippen LogP contribution in [0.25, 0.3) is 0 Å². The number of hydrogen-bond donors (Lipinski definition) is 1. The molecule has 0 spiro atoms. The van der Waals surface area contributed by atoms with E-state index in [0.717, 1.165) is 42.9 Å². The molecule has 0 bridgehead atoms. The van der Waals surface area contributed by atoms with Gasteiger partial charge >= 0.3 is 0 Å². The molecule has 1 heterocycles. The SMILES string of the molecule is CCNc1ccc(C(=O)N2CCC(N(C)C)C2)c(C)c1. The van der Waals surface area contributed by atoms with E-state index < -0.39 is 0 Å². The Morgan fingerprint density at radius 2 is 2.20 bits per heavy atom. The first-order chi connectivity index (χ1) is 9.52. The van der Waals surface area contributed by atoms with Crippen molar-refractivity contribution < 1.29 is 4.79 Å². The van der Waals surface area contributed by atoms with Crippen molar-refractivity contribution in [2.45, 2.75) is 26.3 Å². The standard InChI is InChI=1S/C16H25N3O/c1-5-17-13-6-7-15(12(2)10-13)16(20)19-9-8-14(11-19)18(3)4/h6-7,10,14,17H,5,8-9,11H2,1-4H3. The highest BCUT2D eigenvalue weighted by Crippen LogP contribution is 2.20. The third kappa shape index (κ3) is 3.12. The van der Waals surface area contributed by atoms with E-state index in [1.165, 1.54) is 0 Å². The fourth-order valence-electron chi connectivity index (χ4n) is 2.74. The minimum Gasteiger partial charge on any atom is -0.385 e. The van der Waals surface area contributed by atoms with E-state index in [1.807, 2.05) is 24.0 Å². The average Bonchev–Trinajstić information content (AvgIpc) is 2.88. The molecule has 1 unspecified atom stereocenters. The lowest BCUT2D eigenvalue weighted by atomic mass is 10.1. The highest BCUT2D eigenvalue weighted by Gasteiger charge is 2.28. The molecule has 1 aromatic carbocycles. The molecule has 1 aliphatic heterocycles. The summed E-state index contributed by atoms with van der Waals surface area (Å²) in [5, 5.41) is 3.27. The van der Waals surface area contributed by atoms with Gasteiger partial charge in [-0.05, 0) is 58.1 Å². The number of benzene rings is 1. The number of carbonyl (C=O) groups is 1. The molecule has 1 amide bonds. The van der Waals surface area contributed by atoms with Crippen LogP contribution in [0.3, 0.4) is 0 Å². The van der Waals surface area contributed by atoms with E-state index in [1.54, 1.807) is 0 Å².